The summed E-state index contributed by atoms with van der Waals surface area (Å²) in [7, 11) is 0. The van der Waals surface area contributed by atoms with Gasteiger partial charge in [0.1, 0.15) is 0 Å². The van der Waals surface area contributed by atoms with Crippen LogP contribution in [0.3, 0.4) is 0 Å². The number of hydrogen-bond acceptors (Lipinski definition) is 4. The predicted octanol–water partition coefficient (Wildman–Crippen LogP) is 0.489. The fourth-order valence-electron chi connectivity index (χ4n) is 6.98. The van der Waals surface area contributed by atoms with E-state index in [9.17, 15) is 15.0 Å². The van der Waals surface area contributed by atoms with Crippen molar-refractivity contribution in [1.29, 1.82) is 0 Å². The third-order valence-electron chi connectivity index (χ3n) is 7.69. The average molecular weight is 326 g/mol. The molecule has 7 atom stereocenters. The third-order valence-corrected chi connectivity index (χ3v) is 7.69. The number of anilines is 1. The third kappa shape index (κ3) is 1.31. The van der Waals surface area contributed by atoms with Crippen molar-refractivity contribution in [3.8, 4) is 0 Å². The molecule has 2 bridgehead atoms. The first-order valence-corrected chi connectivity index (χ1v) is 9.14. The van der Waals surface area contributed by atoms with Gasteiger partial charge in [-0.3, -0.25) is 9.69 Å². The number of aliphatic hydroxyl groups is 2. The largest absolute Gasteiger partial charge is 0.392 e. The molecule has 5 nitrogen and oxygen atoms in total. The van der Waals surface area contributed by atoms with Crippen molar-refractivity contribution in [2.45, 2.75) is 49.0 Å². The molecule has 5 heteroatoms. The van der Waals surface area contributed by atoms with Crippen molar-refractivity contribution in [2.24, 2.45) is 11.8 Å². The maximum absolute atomic E-state index is 12.8. The van der Waals surface area contributed by atoms with Crippen LogP contribution in [-0.2, 0) is 10.2 Å². The van der Waals surface area contributed by atoms with E-state index in [0.29, 0.717) is 12.6 Å². The summed E-state index contributed by atoms with van der Waals surface area (Å²) >= 11 is 0. The van der Waals surface area contributed by atoms with Crippen molar-refractivity contribution in [2.75, 3.05) is 18.0 Å². The lowest BCUT2D eigenvalue weighted by Gasteiger charge is -2.59. The Morgan fingerprint density at radius 3 is 2.88 bits per heavy atom. The van der Waals surface area contributed by atoms with E-state index in [-0.39, 0.29) is 35.6 Å². The Labute approximate surface area is 140 Å². The quantitative estimate of drug-likeness (QED) is 0.728. The molecule has 3 saturated heterocycles. The summed E-state index contributed by atoms with van der Waals surface area (Å²) in [4.78, 5) is 17.3. The molecule has 5 aliphatic rings. The number of carbonyl (C=O) groups excluding carboxylic acids is 1. The number of rotatable bonds is 0. The number of benzene rings is 1. The molecule has 126 valence electrons. The van der Waals surface area contributed by atoms with Gasteiger partial charge in [0, 0.05) is 29.6 Å². The minimum atomic E-state index is -0.627. The summed E-state index contributed by atoms with van der Waals surface area (Å²) in [6, 6.07) is 8.74. The van der Waals surface area contributed by atoms with Gasteiger partial charge in [0.2, 0.25) is 5.91 Å². The van der Waals surface area contributed by atoms with Gasteiger partial charge in [0.25, 0.3) is 0 Å². The number of carbonyl (C=O) groups is 1. The molecule has 6 rings (SSSR count). The lowest BCUT2D eigenvalue weighted by molar-refractivity contribution is -0.140. The number of aliphatic hydroxyl groups excluding tert-OH is 2. The molecule has 1 aliphatic carbocycles. The van der Waals surface area contributed by atoms with Gasteiger partial charge in [-0.05, 0) is 36.9 Å². The Morgan fingerprint density at radius 1 is 1.17 bits per heavy atom. The van der Waals surface area contributed by atoms with E-state index in [1.807, 2.05) is 11.0 Å². The second-order valence-corrected chi connectivity index (χ2v) is 8.34. The summed E-state index contributed by atoms with van der Waals surface area (Å²) in [6.45, 7) is 1.69. The van der Waals surface area contributed by atoms with Crippen molar-refractivity contribution < 1.29 is 15.0 Å². The Morgan fingerprint density at radius 2 is 2.00 bits per heavy atom. The average Bonchev–Trinajstić information content (AvgIpc) is 3.09. The Bertz CT molecular complexity index is 752. The normalized spacial score (nSPS) is 48.4. The van der Waals surface area contributed by atoms with Gasteiger partial charge in [-0.1, -0.05) is 18.2 Å². The van der Waals surface area contributed by atoms with Crippen LogP contribution in [0.25, 0.3) is 0 Å². The fourth-order valence-corrected chi connectivity index (χ4v) is 6.98. The summed E-state index contributed by atoms with van der Waals surface area (Å²) in [5.74, 6) is 0.130. The van der Waals surface area contributed by atoms with Gasteiger partial charge in [-0.25, -0.2) is 0 Å². The van der Waals surface area contributed by atoms with Crippen LogP contribution in [0.1, 0.15) is 24.8 Å². The van der Waals surface area contributed by atoms with E-state index in [0.717, 1.165) is 25.1 Å². The molecule has 1 saturated carbocycles. The van der Waals surface area contributed by atoms with E-state index in [4.69, 9.17) is 0 Å². The Kier molecular flexibility index (Phi) is 2.42. The van der Waals surface area contributed by atoms with Crippen molar-refractivity contribution in [3.63, 3.8) is 0 Å². The van der Waals surface area contributed by atoms with Crippen LogP contribution in [-0.4, -0.2) is 58.4 Å². The second-order valence-electron chi connectivity index (χ2n) is 8.34. The van der Waals surface area contributed by atoms with Gasteiger partial charge in [-0.15, -0.1) is 0 Å². The topological polar surface area (TPSA) is 64.0 Å². The monoisotopic (exact) mass is 326 g/mol. The highest BCUT2D eigenvalue weighted by Crippen LogP contribution is 2.64. The van der Waals surface area contributed by atoms with E-state index < -0.39 is 12.2 Å². The van der Waals surface area contributed by atoms with Gasteiger partial charge < -0.3 is 15.1 Å². The Hall–Kier alpha value is -1.43. The van der Waals surface area contributed by atoms with Crippen LogP contribution in [0.15, 0.2) is 24.3 Å². The van der Waals surface area contributed by atoms with Gasteiger partial charge in [0.05, 0.1) is 24.7 Å². The SMILES string of the molecule is O=C1CC(O)C2[C@H]3C[C@@H]4N(CC[C@@]45c4ccccc4N1[C@@H]25)C[C@@H]3O. The van der Waals surface area contributed by atoms with E-state index in [1.165, 1.54) is 5.56 Å². The number of amides is 1. The molecule has 1 aromatic carbocycles. The molecule has 1 amide bonds. The summed E-state index contributed by atoms with van der Waals surface area (Å²) < 4.78 is 0. The molecule has 1 spiro atoms. The first-order chi connectivity index (χ1) is 11.6. The summed E-state index contributed by atoms with van der Waals surface area (Å²) in [6.07, 6.45) is 1.12. The molecule has 4 fully saturated rings. The highest BCUT2D eigenvalue weighted by molar-refractivity contribution is 5.99. The molecule has 0 aromatic heterocycles. The maximum atomic E-state index is 12.8. The molecule has 1 aromatic rings. The zero-order chi connectivity index (χ0) is 16.2. The van der Waals surface area contributed by atoms with Crippen LogP contribution in [0, 0.1) is 11.8 Å². The molecule has 0 radical (unpaired) electrons. The first kappa shape index (κ1) is 13.8. The highest BCUT2D eigenvalue weighted by Gasteiger charge is 2.70. The Balaban J connectivity index is 1.65. The van der Waals surface area contributed by atoms with Crippen LogP contribution in [0.5, 0.6) is 0 Å². The van der Waals surface area contributed by atoms with Crippen LogP contribution in [0.4, 0.5) is 5.69 Å². The molecule has 2 N–H and O–H groups in total. The van der Waals surface area contributed by atoms with Crippen molar-refractivity contribution in [3.05, 3.63) is 29.8 Å². The molecular formula is C19H22N2O3. The van der Waals surface area contributed by atoms with Crippen molar-refractivity contribution >= 4 is 11.6 Å². The maximum Gasteiger partial charge on any atom is 0.229 e. The number of para-hydroxylation sites is 1. The van der Waals surface area contributed by atoms with E-state index >= 15 is 0 Å². The second kappa shape index (κ2) is 4.21. The standard InChI is InChI=1S/C19H22N2O3/c22-13-8-16(24)21-12-4-2-1-3-11(12)19-5-6-20-9-14(23)10(7-15(19)20)17(13)18(19)21/h1-4,10,13-15,17-18,22-23H,5-9H2/t10-,13?,14-,15-,17?,18-,19+/m0/s1. The molecule has 4 aliphatic heterocycles. The zero-order valence-corrected chi connectivity index (χ0v) is 13.5. The highest BCUT2D eigenvalue weighted by atomic mass is 16.3. The van der Waals surface area contributed by atoms with Gasteiger partial charge in [0.15, 0.2) is 0 Å². The van der Waals surface area contributed by atoms with Crippen LogP contribution < -0.4 is 4.90 Å². The van der Waals surface area contributed by atoms with E-state index in [1.54, 1.807) is 0 Å². The van der Waals surface area contributed by atoms with Crippen LogP contribution >= 0.6 is 0 Å². The predicted molar refractivity (Wildman–Crippen MR) is 87.6 cm³/mol. The number of hydrogen-bond donors (Lipinski definition) is 2. The minimum absolute atomic E-state index is 0.00912. The van der Waals surface area contributed by atoms with Crippen molar-refractivity contribution in [1.82, 2.24) is 4.90 Å². The van der Waals surface area contributed by atoms with Gasteiger partial charge in [-0.2, -0.15) is 0 Å². The lowest BCUT2D eigenvalue weighted by atomic mass is 9.54. The van der Waals surface area contributed by atoms with Crippen LogP contribution in [0.2, 0.25) is 0 Å². The number of nitrogens with zero attached hydrogens (tertiary/aromatic N) is 2. The molecular weight excluding hydrogens is 304 g/mol. The summed E-state index contributed by atoms with van der Waals surface area (Å²) in [5, 5.41) is 21.5. The number of piperidine rings is 2. The van der Waals surface area contributed by atoms with E-state index in [2.05, 4.69) is 23.1 Å². The molecule has 4 heterocycles. The fraction of sp³-hybridized carbons (Fsp3) is 0.632. The molecule has 2 unspecified atom stereocenters. The number of fused-ring (bicyclic) bond motifs is 4. The minimum Gasteiger partial charge on any atom is -0.392 e. The zero-order valence-electron chi connectivity index (χ0n) is 13.5. The smallest absolute Gasteiger partial charge is 0.229 e. The first-order valence-electron chi connectivity index (χ1n) is 9.14. The van der Waals surface area contributed by atoms with Gasteiger partial charge >= 0.3 is 0 Å². The lowest BCUT2D eigenvalue weighted by Crippen LogP contribution is -2.71. The molecule has 24 heavy (non-hydrogen) atoms. The summed E-state index contributed by atoms with van der Waals surface area (Å²) in [5.41, 5.74) is 2.28.